The Morgan fingerprint density at radius 1 is 1.16 bits per heavy atom. The van der Waals surface area contributed by atoms with Crippen LogP contribution in [0.2, 0.25) is 0 Å². The lowest BCUT2D eigenvalue weighted by atomic mass is 9.85. The summed E-state index contributed by atoms with van der Waals surface area (Å²) in [5.41, 5.74) is 2.70. The van der Waals surface area contributed by atoms with Gasteiger partial charge < -0.3 is 9.84 Å². The third kappa shape index (κ3) is 2.25. The first-order valence-corrected chi connectivity index (χ1v) is 6.26. The number of fused-ring (bicyclic) bond motifs is 1. The van der Waals surface area contributed by atoms with Crippen LogP contribution in [-0.2, 0) is 0 Å². The van der Waals surface area contributed by atoms with Crippen LogP contribution in [0.5, 0.6) is 5.75 Å². The van der Waals surface area contributed by atoms with Gasteiger partial charge in [-0.2, -0.15) is 0 Å². The van der Waals surface area contributed by atoms with Crippen molar-refractivity contribution in [2.45, 2.75) is 18.6 Å². The second-order valence-corrected chi connectivity index (χ2v) is 4.69. The van der Waals surface area contributed by atoms with Crippen LogP contribution in [0.25, 0.3) is 0 Å². The van der Waals surface area contributed by atoms with Crippen LogP contribution in [0.1, 0.15) is 33.8 Å². The quantitative estimate of drug-likeness (QED) is 0.838. The van der Waals surface area contributed by atoms with E-state index in [0.29, 0.717) is 17.7 Å². The second-order valence-electron chi connectivity index (χ2n) is 4.69. The third-order valence-electron chi connectivity index (χ3n) is 3.45. The standard InChI is InChI=1S/C16H14O3/c17-10-11-6-7-15-14(8-11)13(9-16(18)19-15)12-4-2-1-3-5-12/h1-8,10,13,16,18H,9H2. The fraction of sp³-hybridized carbons (Fsp3) is 0.188. The second kappa shape index (κ2) is 4.86. The van der Waals surface area contributed by atoms with E-state index >= 15 is 0 Å². The molecule has 3 rings (SSSR count). The average Bonchev–Trinajstić information content (AvgIpc) is 2.47. The summed E-state index contributed by atoms with van der Waals surface area (Å²) in [7, 11) is 0. The Morgan fingerprint density at radius 3 is 2.68 bits per heavy atom. The highest BCUT2D eigenvalue weighted by Gasteiger charge is 2.28. The van der Waals surface area contributed by atoms with E-state index in [0.717, 1.165) is 17.4 Å². The van der Waals surface area contributed by atoms with Crippen molar-refractivity contribution in [2.75, 3.05) is 0 Å². The molecule has 96 valence electrons. The zero-order valence-electron chi connectivity index (χ0n) is 10.3. The van der Waals surface area contributed by atoms with Crippen LogP contribution in [0.15, 0.2) is 48.5 Å². The van der Waals surface area contributed by atoms with Gasteiger partial charge in [0.1, 0.15) is 12.0 Å². The van der Waals surface area contributed by atoms with Crippen molar-refractivity contribution in [3.8, 4) is 5.75 Å². The van der Waals surface area contributed by atoms with Crippen molar-refractivity contribution in [1.82, 2.24) is 0 Å². The monoisotopic (exact) mass is 254 g/mol. The summed E-state index contributed by atoms with van der Waals surface area (Å²) in [5.74, 6) is 0.707. The van der Waals surface area contributed by atoms with E-state index < -0.39 is 6.29 Å². The van der Waals surface area contributed by atoms with E-state index in [-0.39, 0.29) is 5.92 Å². The Morgan fingerprint density at radius 2 is 1.95 bits per heavy atom. The minimum atomic E-state index is -0.806. The molecule has 0 saturated heterocycles. The molecule has 0 fully saturated rings. The number of aliphatic hydroxyl groups excluding tert-OH is 1. The Bertz CT molecular complexity index is 592. The number of aliphatic hydroxyl groups is 1. The molecule has 0 bridgehead atoms. The summed E-state index contributed by atoms with van der Waals surface area (Å²) >= 11 is 0. The predicted octanol–water partition coefficient (Wildman–Crippen LogP) is 2.73. The maximum Gasteiger partial charge on any atom is 0.198 e. The SMILES string of the molecule is O=Cc1ccc2c(c1)C(c1ccccc1)CC(O)O2. The first kappa shape index (κ1) is 11.9. The van der Waals surface area contributed by atoms with Crippen molar-refractivity contribution in [3.63, 3.8) is 0 Å². The lowest BCUT2D eigenvalue weighted by Gasteiger charge is -2.30. The van der Waals surface area contributed by atoms with E-state index in [4.69, 9.17) is 4.74 Å². The van der Waals surface area contributed by atoms with E-state index in [1.165, 1.54) is 0 Å². The van der Waals surface area contributed by atoms with Gasteiger partial charge in [0, 0.05) is 23.5 Å². The Labute approximate surface area is 111 Å². The molecule has 0 aliphatic carbocycles. The molecule has 1 heterocycles. The highest BCUT2D eigenvalue weighted by Crippen LogP contribution is 2.40. The molecule has 3 heteroatoms. The largest absolute Gasteiger partial charge is 0.465 e. The fourth-order valence-corrected chi connectivity index (χ4v) is 2.54. The molecule has 2 aromatic rings. The fourth-order valence-electron chi connectivity index (χ4n) is 2.54. The highest BCUT2D eigenvalue weighted by molar-refractivity contribution is 5.76. The van der Waals surface area contributed by atoms with Crippen molar-refractivity contribution in [1.29, 1.82) is 0 Å². The molecule has 0 saturated carbocycles. The van der Waals surface area contributed by atoms with Crippen LogP contribution in [-0.4, -0.2) is 17.7 Å². The lowest BCUT2D eigenvalue weighted by molar-refractivity contribution is -0.0359. The summed E-state index contributed by atoms with van der Waals surface area (Å²) in [4.78, 5) is 10.9. The van der Waals surface area contributed by atoms with Gasteiger partial charge in [0.05, 0.1) is 0 Å². The maximum absolute atomic E-state index is 10.9. The summed E-state index contributed by atoms with van der Waals surface area (Å²) < 4.78 is 5.42. The third-order valence-corrected chi connectivity index (χ3v) is 3.45. The molecular formula is C16H14O3. The molecule has 0 radical (unpaired) electrons. The van der Waals surface area contributed by atoms with Crippen molar-refractivity contribution in [2.24, 2.45) is 0 Å². The van der Waals surface area contributed by atoms with Crippen LogP contribution in [0.4, 0.5) is 0 Å². The molecule has 2 atom stereocenters. The predicted molar refractivity (Wildman–Crippen MR) is 71.4 cm³/mol. The minimum absolute atomic E-state index is 0.0554. The zero-order valence-corrected chi connectivity index (χ0v) is 10.3. The summed E-state index contributed by atoms with van der Waals surface area (Å²) in [6.07, 6.45) is 0.520. The Balaban J connectivity index is 2.10. The number of carbonyl (C=O) groups excluding carboxylic acids is 1. The normalized spacial score (nSPS) is 21.3. The topological polar surface area (TPSA) is 46.5 Å². The molecule has 2 aromatic carbocycles. The number of ether oxygens (including phenoxy) is 1. The van der Waals surface area contributed by atoms with Crippen molar-refractivity contribution < 1.29 is 14.6 Å². The number of benzene rings is 2. The summed E-state index contributed by atoms with van der Waals surface area (Å²) in [6.45, 7) is 0. The van der Waals surface area contributed by atoms with E-state index in [2.05, 4.69) is 0 Å². The van der Waals surface area contributed by atoms with E-state index in [1.807, 2.05) is 36.4 Å². The number of carbonyl (C=O) groups is 1. The molecule has 2 unspecified atom stereocenters. The van der Waals surface area contributed by atoms with Gasteiger partial charge in [-0.3, -0.25) is 4.79 Å². The lowest BCUT2D eigenvalue weighted by Crippen LogP contribution is -2.25. The number of rotatable bonds is 2. The van der Waals surface area contributed by atoms with Crippen LogP contribution < -0.4 is 4.74 Å². The average molecular weight is 254 g/mol. The van der Waals surface area contributed by atoms with E-state index in [9.17, 15) is 9.90 Å². The van der Waals surface area contributed by atoms with Gasteiger partial charge in [-0.15, -0.1) is 0 Å². The number of hydrogen-bond donors (Lipinski definition) is 1. The molecular weight excluding hydrogens is 240 g/mol. The van der Waals surface area contributed by atoms with Gasteiger partial charge in [0.25, 0.3) is 0 Å². The van der Waals surface area contributed by atoms with Gasteiger partial charge >= 0.3 is 0 Å². The van der Waals surface area contributed by atoms with Crippen molar-refractivity contribution >= 4 is 6.29 Å². The molecule has 1 aliphatic rings. The highest BCUT2D eigenvalue weighted by atomic mass is 16.6. The molecule has 0 aromatic heterocycles. The van der Waals surface area contributed by atoms with Crippen LogP contribution >= 0.6 is 0 Å². The first-order chi connectivity index (χ1) is 9.28. The number of hydrogen-bond acceptors (Lipinski definition) is 3. The summed E-state index contributed by atoms with van der Waals surface area (Å²) in [6, 6.07) is 15.2. The van der Waals surface area contributed by atoms with Crippen molar-refractivity contribution in [3.05, 3.63) is 65.2 Å². The van der Waals surface area contributed by atoms with Crippen LogP contribution in [0, 0.1) is 0 Å². The maximum atomic E-state index is 10.9. The molecule has 19 heavy (non-hydrogen) atoms. The summed E-state index contributed by atoms with van der Waals surface area (Å²) in [5, 5.41) is 9.82. The molecule has 1 N–H and O–H groups in total. The number of aldehydes is 1. The van der Waals surface area contributed by atoms with Gasteiger partial charge in [0.2, 0.25) is 0 Å². The molecule has 3 nitrogen and oxygen atoms in total. The Hall–Kier alpha value is -2.13. The Kier molecular flexibility index (Phi) is 3.05. The van der Waals surface area contributed by atoms with Gasteiger partial charge in [-0.25, -0.2) is 0 Å². The van der Waals surface area contributed by atoms with Gasteiger partial charge in [-0.1, -0.05) is 30.3 Å². The molecule has 1 aliphatic heterocycles. The molecule has 0 amide bonds. The van der Waals surface area contributed by atoms with E-state index in [1.54, 1.807) is 12.1 Å². The zero-order chi connectivity index (χ0) is 13.2. The van der Waals surface area contributed by atoms with Crippen LogP contribution in [0.3, 0.4) is 0 Å². The van der Waals surface area contributed by atoms with Gasteiger partial charge in [-0.05, 0) is 23.8 Å². The van der Waals surface area contributed by atoms with Gasteiger partial charge in [0.15, 0.2) is 6.29 Å². The molecule has 0 spiro atoms. The smallest absolute Gasteiger partial charge is 0.198 e. The first-order valence-electron chi connectivity index (χ1n) is 6.26. The minimum Gasteiger partial charge on any atom is -0.465 e.